The summed E-state index contributed by atoms with van der Waals surface area (Å²) >= 11 is 3.52. The Hall–Kier alpha value is -4.43. The van der Waals surface area contributed by atoms with Crippen LogP contribution in [0.25, 0.3) is 5.65 Å². The van der Waals surface area contributed by atoms with Gasteiger partial charge in [-0.05, 0) is 17.0 Å². The molecule has 42 heavy (non-hydrogen) atoms. The molecule has 7 N–H and O–H groups in total. The zero-order valence-electron chi connectivity index (χ0n) is 21.8. The minimum absolute atomic E-state index is 0.0213. The number of aromatic nitrogens is 5. The Morgan fingerprint density at radius 3 is 2.76 bits per heavy atom. The summed E-state index contributed by atoms with van der Waals surface area (Å²) < 4.78 is 3.34. The summed E-state index contributed by atoms with van der Waals surface area (Å²) in [7, 11) is 1.80. The predicted molar refractivity (Wildman–Crippen MR) is 150 cm³/mol. The molecule has 3 atom stereocenters. The summed E-state index contributed by atoms with van der Waals surface area (Å²) in [6, 6.07) is 0.578. The molecule has 3 aromatic rings. The Labute approximate surface area is 248 Å². The first-order valence-electron chi connectivity index (χ1n) is 12.0. The first-order valence-corrected chi connectivity index (χ1v) is 14.9. The Morgan fingerprint density at radius 2 is 2.10 bits per heavy atom. The van der Waals surface area contributed by atoms with E-state index in [1.165, 1.54) is 35.8 Å². The molecule has 0 spiro atoms. The van der Waals surface area contributed by atoms with Crippen LogP contribution in [0, 0.1) is 0 Å². The lowest BCUT2D eigenvalue weighted by atomic mass is 10.0. The third-order valence-electron chi connectivity index (χ3n) is 6.14. The van der Waals surface area contributed by atoms with Gasteiger partial charge in [0.1, 0.15) is 28.6 Å². The SMILES string of the molecule is C[C@@H](O/N=C(\C(=O)NC1C(=O)N2C(C(=O)O)=C(CSc3nc(N)cc4n3nc[n+]4C)CS[C@H]12)c1csc(N)n1)C(=O)O. The predicted octanol–water partition coefficient (Wildman–Crippen LogP) is -1.10. The lowest BCUT2D eigenvalue weighted by Gasteiger charge is -2.49. The number of carbonyl (C=O) groups excluding carboxylic acids is 2. The van der Waals surface area contributed by atoms with Crippen LogP contribution in [0.2, 0.25) is 0 Å². The van der Waals surface area contributed by atoms with Crippen molar-refractivity contribution in [2.75, 3.05) is 23.0 Å². The fourth-order valence-electron chi connectivity index (χ4n) is 4.06. The van der Waals surface area contributed by atoms with E-state index in [0.29, 0.717) is 16.4 Å². The summed E-state index contributed by atoms with van der Waals surface area (Å²) in [5.41, 5.74) is 12.2. The normalized spacial score (nSPS) is 19.3. The molecule has 2 aliphatic heterocycles. The number of nitrogens with one attached hydrogen (secondary N) is 1. The fraction of sp³-hybridized carbons (Fsp3) is 0.318. The molecule has 1 saturated heterocycles. The summed E-state index contributed by atoms with van der Waals surface area (Å²) in [6.45, 7) is 1.22. The van der Waals surface area contributed by atoms with Crippen molar-refractivity contribution in [2.24, 2.45) is 12.2 Å². The number of oxime groups is 1. The third-order valence-corrected chi connectivity index (χ3v) is 9.17. The van der Waals surface area contributed by atoms with Gasteiger partial charge in [0.15, 0.2) is 10.8 Å². The second kappa shape index (κ2) is 11.4. The molecule has 2 amide bonds. The number of anilines is 2. The molecule has 1 unspecified atom stereocenters. The number of thiazole rings is 1. The van der Waals surface area contributed by atoms with Gasteiger partial charge in [0, 0.05) is 22.0 Å². The van der Waals surface area contributed by atoms with E-state index < -0.39 is 41.3 Å². The number of hydrogen-bond donors (Lipinski definition) is 5. The van der Waals surface area contributed by atoms with Crippen molar-refractivity contribution in [3.05, 3.63) is 34.7 Å². The topological polar surface area (TPSA) is 245 Å². The highest BCUT2D eigenvalue weighted by molar-refractivity contribution is 8.01. The number of nitrogen functional groups attached to an aromatic ring is 2. The Morgan fingerprint density at radius 1 is 1.33 bits per heavy atom. The van der Waals surface area contributed by atoms with Crippen LogP contribution in [0.15, 0.2) is 39.4 Å². The number of fused-ring (bicyclic) bond motifs is 2. The lowest BCUT2D eigenvalue weighted by Crippen LogP contribution is -2.71. The first kappa shape index (κ1) is 29.1. The maximum Gasteiger partial charge on any atom is 0.352 e. The number of amides is 2. The number of thioether (sulfide) groups is 2. The highest BCUT2D eigenvalue weighted by atomic mass is 32.2. The van der Waals surface area contributed by atoms with Gasteiger partial charge in [0.2, 0.25) is 6.10 Å². The number of carbonyl (C=O) groups is 4. The van der Waals surface area contributed by atoms with E-state index in [2.05, 4.69) is 25.5 Å². The van der Waals surface area contributed by atoms with E-state index >= 15 is 0 Å². The van der Waals surface area contributed by atoms with Gasteiger partial charge in [-0.25, -0.2) is 19.1 Å². The minimum atomic E-state index is -1.37. The van der Waals surface area contributed by atoms with E-state index in [4.69, 9.17) is 21.4 Å². The average molecular weight is 636 g/mol. The number of rotatable bonds is 10. The van der Waals surface area contributed by atoms with Gasteiger partial charge in [-0.3, -0.25) is 14.5 Å². The van der Waals surface area contributed by atoms with Gasteiger partial charge >= 0.3 is 11.9 Å². The monoisotopic (exact) mass is 635 g/mol. The molecule has 0 aliphatic carbocycles. The number of nitrogens with zero attached hydrogens (tertiary/aromatic N) is 7. The number of nitrogens with two attached hydrogens (primary N) is 2. The molecular formula is C22H23N10O7S3+. The molecule has 0 saturated carbocycles. The molecule has 220 valence electrons. The van der Waals surface area contributed by atoms with Crippen molar-refractivity contribution in [1.29, 1.82) is 0 Å². The third kappa shape index (κ3) is 5.42. The second-order valence-corrected chi connectivity index (χ2v) is 11.9. The molecule has 20 heteroatoms. The standard InChI is InChI=1S/C22H22N10O7S3/c1-8(19(35)36)39-29-13(10-6-41-21(24)26-10)16(33)28-14-17(34)31-15(20(37)38)9(4-40-18(14)31)5-42-22-27-11(23)3-12-30(2)7-25-32(12)22/h3,6-8,14,18,23H,4-5H2,1-2H3,(H5,24,26,28,33,35,36,37,38)/p+1/b29-13-/t8-,14?,18-/m1/s1. The van der Waals surface area contributed by atoms with Gasteiger partial charge in [0.25, 0.3) is 28.9 Å². The molecule has 0 bridgehead atoms. The molecule has 17 nitrogen and oxygen atoms in total. The van der Waals surface area contributed by atoms with E-state index in [1.54, 1.807) is 28.5 Å². The molecular weight excluding hydrogens is 613 g/mol. The van der Waals surface area contributed by atoms with Crippen LogP contribution in [0.1, 0.15) is 12.6 Å². The van der Waals surface area contributed by atoms with Crippen molar-refractivity contribution in [2.45, 2.75) is 29.6 Å². The van der Waals surface area contributed by atoms with Gasteiger partial charge in [-0.1, -0.05) is 16.9 Å². The van der Waals surface area contributed by atoms with Crippen LogP contribution >= 0.6 is 34.9 Å². The van der Waals surface area contributed by atoms with E-state index in [9.17, 15) is 24.3 Å². The molecule has 0 radical (unpaired) electrons. The van der Waals surface area contributed by atoms with Crippen LogP contribution < -0.4 is 21.4 Å². The van der Waals surface area contributed by atoms with Crippen LogP contribution in [-0.4, -0.2) is 93.2 Å². The molecule has 5 rings (SSSR count). The maximum atomic E-state index is 13.2. The first-order chi connectivity index (χ1) is 20.0. The Bertz CT molecular complexity index is 1690. The second-order valence-electron chi connectivity index (χ2n) is 8.98. The van der Waals surface area contributed by atoms with Crippen LogP contribution in [0.5, 0.6) is 0 Å². The number of β-lactam (4-membered cyclic amide) rings is 1. The number of carboxylic acid groups (broad SMARTS) is 2. The van der Waals surface area contributed by atoms with Crippen LogP contribution in [0.3, 0.4) is 0 Å². The fourth-order valence-corrected chi connectivity index (χ4v) is 7.05. The zero-order chi connectivity index (χ0) is 30.3. The van der Waals surface area contributed by atoms with Crippen molar-refractivity contribution in [1.82, 2.24) is 29.8 Å². The number of aliphatic carboxylic acids is 2. The minimum Gasteiger partial charge on any atom is -0.478 e. The summed E-state index contributed by atoms with van der Waals surface area (Å²) in [6.07, 6.45) is 0.224. The van der Waals surface area contributed by atoms with Crippen molar-refractivity contribution in [3.8, 4) is 0 Å². The van der Waals surface area contributed by atoms with E-state index in [1.807, 2.05) is 0 Å². The smallest absolute Gasteiger partial charge is 0.352 e. The van der Waals surface area contributed by atoms with Gasteiger partial charge in [-0.2, -0.15) is 4.98 Å². The van der Waals surface area contributed by atoms with Crippen molar-refractivity contribution in [3.63, 3.8) is 0 Å². The Kier molecular flexibility index (Phi) is 7.93. The van der Waals surface area contributed by atoms with E-state index in [0.717, 1.165) is 16.2 Å². The van der Waals surface area contributed by atoms with Gasteiger partial charge in [-0.15, -0.1) is 23.1 Å². The summed E-state index contributed by atoms with van der Waals surface area (Å²) in [5, 5.41) is 30.9. The van der Waals surface area contributed by atoms with Crippen molar-refractivity contribution < 1.29 is 38.8 Å². The highest BCUT2D eigenvalue weighted by Crippen LogP contribution is 2.41. The molecule has 2 aliphatic rings. The number of aryl methyl sites for hydroxylation is 1. The maximum absolute atomic E-state index is 13.2. The highest BCUT2D eigenvalue weighted by Gasteiger charge is 2.54. The summed E-state index contributed by atoms with van der Waals surface area (Å²) in [5.74, 6) is -3.38. The zero-order valence-corrected chi connectivity index (χ0v) is 24.3. The van der Waals surface area contributed by atoms with Crippen LogP contribution in [0.4, 0.5) is 10.9 Å². The summed E-state index contributed by atoms with van der Waals surface area (Å²) in [4.78, 5) is 64.1. The quantitative estimate of drug-likeness (QED) is 0.0443. The number of hydrogen-bond acceptors (Lipinski definition) is 14. The number of carboxylic acids is 2. The molecule has 1 fully saturated rings. The van der Waals surface area contributed by atoms with Gasteiger partial charge in [0.05, 0.1) is 13.1 Å². The van der Waals surface area contributed by atoms with Crippen molar-refractivity contribution >= 4 is 80.9 Å². The van der Waals surface area contributed by atoms with Gasteiger partial charge < -0.3 is 31.8 Å². The van der Waals surface area contributed by atoms with E-state index in [-0.39, 0.29) is 39.6 Å². The van der Waals surface area contributed by atoms with Crippen LogP contribution in [-0.2, 0) is 31.1 Å². The molecule has 0 aromatic carbocycles. The largest absolute Gasteiger partial charge is 0.478 e. The molecule has 5 heterocycles. The Balaban J connectivity index is 1.34. The lowest BCUT2D eigenvalue weighted by molar-refractivity contribution is -0.646. The molecule has 3 aromatic heterocycles. The average Bonchev–Trinajstić information content (AvgIpc) is 3.54.